The maximum absolute atomic E-state index is 2.32. The fourth-order valence-electron chi connectivity index (χ4n) is 0. The molecular weight excluding hydrogens is 194 g/mol. The minimum atomic E-state index is 0.382. The van der Waals surface area contributed by atoms with Crippen molar-refractivity contribution in [2.45, 2.75) is 0 Å². The van der Waals surface area contributed by atoms with Gasteiger partial charge in [0.25, 0.3) is 0 Å². The van der Waals surface area contributed by atoms with Crippen molar-refractivity contribution >= 4 is 28.2 Å². The molecule has 0 N–H and O–H groups in total. The van der Waals surface area contributed by atoms with Crippen molar-refractivity contribution in [2.24, 2.45) is 0 Å². The van der Waals surface area contributed by atoms with Gasteiger partial charge in [0.05, 0.1) is 0 Å². The summed E-state index contributed by atoms with van der Waals surface area (Å²) >= 11 is 0.382. The Labute approximate surface area is 45.7 Å². The molecule has 0 saturated carbocycles. The molecule has 0 spiro atoms. The Bertz CT molecular complexity index is 23.6. The number of rotatable bonds is 1. The molecule has 0 rings (SSSR count). The van der Waals surface area contributed by atoms with E-state index >= 15 is 0 Å². The number of hydrogen-bond donors (Lipinski definition) is 0. The first-order chi connectivity index (χ1) is 2.27. The van der Waals surface area contributed by atoms with E-state index in [-0.39, 0.29) is 0 Å². The molecule has 0 aliphatic rings. The molecule has 0 fully saturated rings. The van der Waals surface area contributed by atoms with E-state index in [1.165, 1.54) is 7.79 Å². The monoisotopic (exact) mass is 205 g/mol. The van der Waals surface area contributed by atoms with Crippen LogP contribution in [0.3, 0.4) is 0 Å². The van der Waals surface area contributed by atoms with E-state index in [9.17, 15) is 0 Å². The second-order valence-corrected chi connectivity index (χ2v) is 6.57. The fourth-order valence-corrected chi connectivity index (χ4v) is 0. The van der Waals surface area contributed by atoms with Crippen molar-refractivity contribution in [3.63, 3.8) is 0 Å². The van der Waals surface area contributed by atoms with Crippen LogP contribution in [0.2, 0.25) is 0 Å². The molecule has 0 unspecified atom stereocenters. The molecule has 0 radical (unpaired) electrons. The standard InChI is InChI=1S/C2H9NSiTe/c1-3(2)5-4/h1-2,4H3. The number of nitrogens with zero attached hydrogens (tertiary/aromatic N) is 1. The average molecular weight is 203 g/mol. The van der Waals surface area contributed by atoms with Crippen LogP contribution in [-0.4, -0.2) is 45.4 Å². The third kappa shape index (κ3) is 4.97. The van der Waals surface area contributed by atoms with Gasteiger partial charge in [0.2, 0.25) is 0 Å². The first-order valence-electron chi connectivity index (χ1n) is 1.49. The summed E-state index contributed by atoms with van der Waals surface area (Å²) < 4.78 is 2.32. The Balaban J connectivity index is 2.54. The molecule has 0 heterocycles. The minimum absolute atomic E-state index is 0.382. The molecule has 0 atom stereocenters. The van der Waals surface area contributed by atoms with E-state index in [0.717, 1.165) is 0 Å². The van der Waals surface area contributed by atoms with Crippen LogP contribution in [0.1, 0.15) is 0 Å². The zero-order valence-corrected chi connectivity index (χ0v) is 8.19. The van der Waals surface area contributed by atoms with Gasteiger partial charge >= 0.3 is 45.4 Å². The SMILES string of the molecule is CN(C)[Te][SiH3]. The maximum atomic E-state index is 2.32. The number of hydrogen-bond acceptors (Lipinski definition) is 1. The topological polar surface area (TPSA) is 3.24 Å². The molecular formula is C2H9NSiTe. The first kappa shape index (κ1) is 5.97. The Hall–Kier alpha value is 0.966. The van der Waals surface area contributed by atoms with Gasteiger partial charge in [-0.05, 0) is 0 Å². The molecule has 1 nitrogen and oxygen atoms in total. The molecule has 0 aromatic carbocycles. The summed E-state index contributed by atoms with van der Waals surface area (Å²) in [7, 11) is 5.73. The van der Waals surface area contributed by atoms with Crippen LogP contribution in [0.25, 0.3) is 0 Å². The third-order valence-corrected chi connectivity index (χ3v) is 7.35. The Kier molecular flexibility index (Phi) is 3.78. The van der Waals surface area contributed by atoms with E-state index in [1.807, 2.05) is 0 Å². The van der Waals surface area contributed by atoms with E-state index in [4.69, 9.17) is 0 Å². The van der Waals surface area contributed by atoms with Crippen molar-refractivity contribution in [2.75, 3.05) is 14.1 Å². The predicted octanol–water partition coefficient (Wildman–Crippen LogP) is -1.55. The van der Waals surface area contributed by atoms with Gasteiger partial charge in [-0.1, -0.05) is 0 Å². The first-order valence-corrected chi connectivity index (χ1v) is 10.3. The Morgan fingerprint density at radius 3 is 1.80 bits per heavy atom. The van der Waals surface area contributed by atoms with Crippen molar-refractivity contribution in [1.82, 2.24) is 3.15 Å². The molecule has 0 aromatic heterocycles. The molecule has 5 heavy (non-hydrogen) atoms. The van der Waals surface area contributed by atoms with Gasteiger partial charge < -0.3 is 0 Å². The molecule has 0 amide bonds. The summed E-state index contributed by atoms with van der Waals surface area (Å²) in [5.41, 5.74) is 0. The molecule has 0 bridgehead atoms. The van der Waals surface area contributed by atoms with E-state index < -0.39 is 0 Å². The summed E-state index contributed by atoms with van der Waals surface area (Å²) in [4.78, 5) is 0. The molecule has 0 aliphatic carbocycles. The summed E-state index contributed by atoms with van der Waals surface area (Å²) in [6, 6.07) is 0. The zero-order chi connectivity index (χ0) is 4.28. The molecule has 3 heteroatoms. The predicted molar refractivity (Wildman–Crippen MR) is 29.4 cm³/mol. The quantitative estimate of drug-likeness (QED) is 0.466. The van der Waals surface area contributed by atoms with Gasteiger partial charge in [-0.2, -0.15) is 0 Å². The van der Waals surface area contributed by atoms with Gasteiger partial charge in [0.1, 0.15) is 0 Å². The second-order valence-electron chi connectivity index (χ2n) is 0.995. The summed E-state index contributed by atoms with van der Waals surface area (Å²) in [6.07, 6.45) is 0. The van der Waals surface area contributed by atoms with Crippen molar-refractivity contribution < 1.29 is 0 Å². The molecule has 0 saturated heterocycles. The summed E-state index contributed by atoms with van der Waals surface area (Å²) in [5.74, 6) is 0. The van der Waals surface area contributed by atoms with Gasteiger partial charge in [-0.15, -0.1) is 0 Å². The van der Waals surface area contributed by atoms with Gasteiger partial charge in [0, 0.05) is 0 Å². The van der Waals surface area contributed by atoms with Crippen LogP contribution in [-0.2, 0) is 0 Å². The molecule has 0 aliphatic heterocycles. The van der Waals surface area contributed by atoms with Crippen molar-refractivity contribution in [3.05, 3.63) is 0 Å². The Morgan fingerprint density at radius 2 is 1.80 bits per heavy atom. The third-order valence-electron chi connectivity index (χ3n) is 0.365. The summed E-state index contributed by atoms with van der Waals surface area (Å²) in [6.45, 7) is 0. The van der Waals surface area contributed by atoms with Gasteiger partial charge in [-0.25, -0.2) is 0 Å². The van der Waals surface area contributed by atoms with Crippen LogP contribution >= 0.6 is 0 Å². The van der Waals surface area contributed by atoms with Gasteiger partial charge in [-0.3, -0.25) is 0 Å². The van der Waals surface area contributed by atoms with Gasteiger partial charge in [0.15, 0.2) is 0 Å². The van der Waals surface area contributed by atoms with Crippen molar-refractivity contribution in [1.29, 1.82) is 0 Å². The van der Waals surface area contributed by atoms with Crippen LogP contribution in [0, 0.1) is 0 Å². The second kappa shape index (κ2) is 3.17. The van der Waals surface area contributed by atoms with Crippen LogP contribution in [0.15, 0.2) is 0 Å². The Morgan fingerprint density at radius 1 is 1.60 bits per heavy atom. The van der Waals surface area contributed by atoms with Crippen LogP contribution in [0.4, 0.5) is 0 Å². The van der Waals surface area contributed by atoms with Crippen LogP contribution < -0.4 is 0 Å². The van der Waals surface area contributed by atoms with Crippen LogP contribution in [0.5, 0.6) is 0 Å². The zero-order valence-electron chi connectivity index (χ0n) is 3.86. The van der Waals surface area contributed by atoms with E-state index in [2.05, 4.69) is 17.2 Å². The fraction of sp³-hybridized carbons (Fsp3) is 1.00. The van der Waals surface area contributed by atoms with Crippen molar-refractivity contribution in [3.8, 4) is 0 Å². The van der Waals surface area contributed by atoms with E-state index in [1.54, 1.807) is 0 Å². The average Bonchev–Trinajstić information content (AvgIpc) is 1.38. The van der Waals surface area contributed by atoms with E-state index in [0.29, 0.717) is 20.4 Å². The normalized spacial score (nSPS) is 10.2. The summed E-state index contributed by atoms with van der Waals surface area (Å²) in [5, 5.41) is 0. The molecule has 0 aromatic rings. The molecule has 32 valence electrons.